The van der Waals surface area contributed by atoms with E-state index in [-0.39, 0.29) is 11.9 Å². The monoisotopic (exact) mass is 504 g/mol. The molecule has 37 heavy (non-hydrogen) atoms. The lowest BCUT2D eigenvalue weighted by Crippen LogP contribution is -2.12. The number of benzene rings is 2. The summed E-state index contributed by atoms with van der Waals surface area (Å²) in [6.45, 7) is 0. The number of carbonyl (C=O) groups is 2. The Labute approximate surface area is 223 Å². The van der Waals surface area contributed by atoms with E-state index in [0.29, 0.717) is 24.7 Å². The number of ether oxygens (including phenoxy) is 2. The van der Waals surface area contributed by atoms with Gasteiger partial charge < -0.3 is 9.47 Å². The molecular weight excluding hydrogens is 460 g/mol. The minimum atomic E-state index is -0.136. The Kier molecular flexibility index (Phi) is 11.1. The zero-order chi connectivity index (χ0) is 25.7. The summed E-state index contributed by atoms with van der Waals surface area (Å²) in [5.74, 6) is 2.27. The van der Waals surface area contributed by atoms with Gasteiger partial charge in [-0.3, -0.25) is 9.59 Å². The molecule has 4 heteroatoms. The van der Waals surface area contributed by atoms with Gasteiger partial charge in [0.1, 0.15) is 11.5 Å². The lowest BCUT2D eigenvalue weighted by molar-refractivity contribution is -0.135. The third-order valence-corrected chi connectivity index (χ3v) is 8.14. The molecule has 0 saturated heterocycles. The summed E-state index contributed by atoms with van der Waals surface area (Å²) in [6, 6.07) is 16.1. The van der Waals surface area contributed by atoms with Gasteiger partial charge in [-0.15, -0.1) is 0 Å². The molecule has 0 aromatic heterocycles. The Balaban J connectivity index is 1.10. The topological polar surface area (TPSA) is 52.6 Å². The number of unbranched alkanes of at least 4 members (excludes halogenated alkanes) is 4. The van der Waals surface area contributed by atoms with Crippen molar-refractivity contribution in [3.63, 3.8) is 0 Å². The molecule has 2 aliphatic rings. The van der Waals surface area contributed by atoms with Gasteiger partial charge in [-0.2, -0.15) is 0 Å². The molecule has 4 nitrogen and oxygen atoms in total. The van der Waals surface area contributed by atoms with Crippen LogP contribution in [0.15, 0.2) is 48.5 Å². The summed E-state index contributed by atoms with van der Waals surface area (Å²) >= 11 is 0. The molecule has 0 bridgehead atoms. The van der Waals surface area contributed by atoms with Crippen molar-refractivity contribution in [2.45, 2.75) is 121 Å². The van der Waals surface area contributed by atoms with E-state index in [2.05, 4.69) is 12.1 Å². The Morgan fingerprint density at radius 1 is 0.541 bits per heavy atom. The summed E-state index contributed by atoms with van der Waals surface area (Å²) in [6.07, 6.45) is 17.9. The second-order valence-corrected chi connectivity index (χ2v) is 11.0. The second-order valence-electron chi connectivity index (χ2n) is 11.0. The summed E-state index contributed by atoms with van der Waals surface area (Å²) in [7, 11) is 0. The molecule has 2 aliphatic carbocycles. The molecular formula is C33H44O4. The lowest BCUT2D eigenvalue weighted by Gasteiger charge is -2.23. The van der Waals surface area contributed by atoms with Crippen LogP contribution in [0, 0.1) is 0 Å². The molecule has 0 heterocycles. The summed E-state index contributed by atoms with van der Waals surface area (Å²) in [4.78, 5) is 24.9. The molecule has 0 spiro atoms. The fourth-order valence-electron chi connectivity index (χ4n) is 6.07. The van der Waals surface area contributed by atoms with E-state index in [4.69, 9.17) is 9.47 Å². The normalized spacial score (nSPS) is 16.9. The first-order valence-corrected chi connectivity index (χ1v) is 14.8. The van der Waals surface area contributed by atoms with E-state index in [9.17, 15) is 9.59 Å². The van der Waals surface area contributed by atoms with Crippen molar-refractivity contribution in [3.8, 4) is 11.5 Å². The number of rotatable bonds is 12. The van der Waals surface area contributed by atoms with Crippen LogP contribution in [0.3, 0.4) is 0 Å². The van der Waals surface area contributed by atoms with E-state index in [1.54, 1.807) is 0 Å². The molecule has 0 N–H and O–H groups in total. The van der Waals surface area contributed by atoms with E-state index in [0.717, 1.165) is 43.6 Å². The molecule has 2 aromatic carbocycles. The highest BCUT2D eigenvalue weighted by atomic mass is 16.5. The molecule has 2 saturated carbocycles. The standard InChI is InChI=1S/C33H44O4/c34-32(36-30-22-14-12-20-28(30)26-16-6-4-7-17-26)24-10-2-1-3-11-25-33(35)37-31-23-15-13-21-29(31)27-18-8-5-9-19-27/h12-15,20-23,26-27H,1-11,16-19,24-25H2. The van der Waals surface area contributed by atoms with Gasteiger partial charge in [0.05, 0.1) is 0 Å². The van der Waals surface area contributed by atoms with Crippen LogP contribution >= 0.6 is 0 Å². The maximum absolute atomic E-state index is 12.5. The average molecular weight is 505 g/mol. The van der Waals surface area contributed by atoms with E-state index < -0.39 is 0 Å². The quantitative estimate of drug-likeness (QED) is 0.164. The van der Waals surface area contributed by atoms with E-state index in [1.165, 1.54) is 75.3 Å². The number of hydrogen-bond acceptors (Lipinski definition) is 4. The summed E-state index contributed by atoms with van der Waals surface area (Å²) < 4.78 is 11.5. The molecule has 0 amide bonds. The Morgan fingerprint density at radius 2 is 0.919 bits per heavy atom. The van der Waals surface area contributed by atoms with Crippen LogP contribution in [0.4, 0.5) is 0 Å². The van der Waals surface area contributed by atoms with Crippen molar-refractivity contribution in [2.75, 3.05) is 0 Å². The van der Waals surface area contributed by atoms with Crippen LogP contribution < -0.4 is 9.47 Å². The first-order chi connectivity index (χ1) is 18.2. The number of carbonyl (C=O) groups excluding carboxylic acids is 2. The molecule has 0 unspecified atom stereocenters. The van der Waals surface area contributed by atoms with Gasteiger partial charge in [-0.25, -0.2) is 0 Å². The fourth-order valence-corrected chi connectivity index (χ4v) is 6.07. The van der Waals surface area contributed by atoms with Gasteiger partial charge in [-0.1, -0.05) is 94.2 Å². The molecule has 0 radical (unpaired) electrons. The van der Waals surface area contributed by atoms with Gasteiger partial charge in [0.15, 0.2) is 0 Å². The van der Waals surface area contributed by atoms with Crippen molar-refractivity contribution in [2.24, 2.45) is 0 Å². The molecule has 2 fully saturated rings. The van der Waals surface area contributed by atoms with Crippen LogP contribution in [0.2, 0.25) is 0 Å². The maximum atomic E-state index is 12.5. The van der Waals surface area contributed by atoms with Crippen LogP contribution in [0.25, 0.3) is 0 Å². The summed E-state index contributed by atoms with van der Waals surface area (Å²) in [5, 5.41) is 0. The fraction of sp³-hybridized carbons (Fsp3) is 0.576. The first kappa shape index (κ1) is 27.4. The van der Waals surface area contributed by atoms with Gasteiger partial charge in [0.25, 0.3) is 0 Å². The Bertz CT molecular complexity index is 906. The zero-order valence-corrected chi connectivity index (χ0v) is 22.4. The molecule has 2 aromatic rings. The first-order valence-electron chi connectivity index (χ1n) is 14.8. The van der Waals surface area contributed by atoms with Gasteiger partial charge in [0, 0.05) is 12.8 Å². The van der Waals surface area contributed by atoms with Gasteiger partial charge in [-0.05, 0) is 73.6 Å². The third kappa shape index (κ3) is 8.72. The SMILES string of the molecule is O=C(CCCCCCCC(=O)Oc1ccccc1C1CCCCC1)Oc1ccccc1C1CCCCC1. The largest absolute Gasteiger partial charge is 0.426 e. The van der Waals surface area contributed by atoms with Crippen molar-refractivity contribution in [3.05, 3.63) is 59.7 Å². The Morgan fingerprint density at radius 3 is 1.35 bits per heavy atom. The van der Waals surface area contributed by atoms with E-state index >= 15 is 0 Å². The third-order valence-electron chi connectivity index (χ3n) is 8.14. The second kappa shape index (κ2) is 15.0. The maximum Gasteiger partial charge on any atom is 0.311 e. The molecule has 0 aliphatic heterocycles. The van der Waals surface area contributed by atoms with Crippen molar-refractivity contribution in [1.29, 1.82) is 0 Å². The highest BCUT2D eigenvalue weighted by Gasteiger charge is 2.21. The molecule has 0 atom stereocenters. The molecule has 4 rings (SSSR count). The predicted molar refractivity (Wildman–Crippen MR) is 148 cm³/mol. The van der Waals surface area contributed by atoms with Crippen molar-refractivity contribution >= 4 is 11.9 Å². The van der Waals surface area contributed by atoms with Gasteiger partial charge >= 0.3 is 11.9 Å². The predicted octanol–water partition coefficient (Wildman–Crippen LogP) is 9.02. The highest BCUT2D eigenvalue weighted by molar-refractivity contribution is 5.73. The van der Waals surface area contributed by atoms with Crippen LogP contribution in [0.1, 0.15) is 132 Å². The van der Waals surface area contributed by atoms with Crippen LogP contribution in [-0.2, 0) is 9.59 Å². The summed E-state index contributed by atoms with van der Waals surface area (Å²) in [5.41, 5.74) is 2.40. The zero-order valence-electron chi connectivity index (χ0n) is 22.4. The number of para-hydroxylation sites is 2. The smallest absolute Gasteiger partial charge is 0.311 e. The van der Waals surface area contributed by atoms with Crippen LogP contribution in [-0.4, -0.2) is 11.9 Å². The highest BCUT2D eigenvalue weighted by Crippen LogP contribution is 2.38. The number of esters is 2. The number of hydrogen-bond donors (Lipinski definition) is 0. The van der Waals surface area contributed by atoms with E-state index in [1.807, 2.05) is 36.4 Å². The lowest BCUT2D eigenvalue weighted by atomic mass is 9.84. The minimum absolute atomic E-state index is 0.136. The van der Waals surface area contributed by atoms with Crippen LogP contribution in [0.5, 0.6) is 11.5 Å². The Hall–Kier alpha value is -2.62. The minimum Gasteiger partial charge on any atom is -0.426 e. The van der Waals surface area contributed by atoms with Gasteiger partial charge in [0.2, 0.25) is 0 Å². The molecule has 200 valence electrons. The van der Waals surface area contributed by atoms with Crippen molar-refractivity contribution < 1.29 is 19.1 Å². The van der Waals surface area contributed by atoms with Crippen molar-refractivity contribution in [1.82, 2.24) is 0 Å². The average Bonchev–Trinajstić information content (AvgIpc) is 2.94.